The predicted octanol–water partition coefficient (Wildman–Crippen LogP) is 14.1. The normalized spacial score (nSPS) is 11.8. The Bertz CT molecular complexity index is 3180. The van der Waals surface area contributed by atoms with Crippen LogP contribution in [0.3, 0.4) is 0 Å². The summed E-state index contributed by atoms with van der Waals surface area (Å²) in [4.78, 5) is 2.32. The summed E-state index contributed by atoms with van der Waals surface area (Å²) in [7, 11) is 0. The summed E-state index contributed by atoms with van der Waals surface area (Å²) in [6.45, 7) is 0. The number of aromatic nitrogens is 1. The largest absolute Gasteiger partial charge is 0.454 e. The zero-order chi connectivity index (χ0) is 34.9. The van der Waals surface area contributed by atoms with Crippen molar-refractivity contribution < 1.29 is 4.42 Å². The van der Waals surface area contributed by atoms with Crippen LogP contribution in [0.5, 0.6) is 0 Å². The molecule has 2 aromatic heterocycles. The Hall–Kier alpha value is -7.10. The molecule has 2 heterocycles. The van der Waals surface area contributed by atoms with Gasteiger partial charge in [0.15, 0.2) is 5.58 Å². The van der Waals surface area contributed by atoms with Crippen molar-refractivity contribution in [1.29, 1.82) is 0 Å². The van der Waals surface area contributed by atoms with E-state index >= 15 is 0 Å². The quantitative estimate of drug-likeness (QED) is 0.181. The van der Waals surface area contributed by atoms with Crippen LogP contribution in [0.4, 0.5) is 17.1 Å². The third-order valence-corrected chi connectivity index (χ3v) is 10.7. The molecule has 0 atom stereocenters. The molecule has 53 heavy (non-hydrogen) atoms. The van der Waals surface area contributed by atoms with E-state index in [1.807, 2.05) is 12.1 Å². The fourth-order valence-corrected chi connectivity index (χ4v) is 8.20. The minimum Gasteiger partial charge on any atom is -0.454 e. The summed E-state index contributed by atoms with van der Waals surface area (Å²) < 4.78 is 8.97. The van der Waals surface area contributed by atoms with Crippen molar-refractivity contribution in [2.75, 3.05) is 4.90 Å². The van der Waals surface area contributed by atoms with Crippen LogP contribution < -0.4 is 4.90 Å². The van der Waals surface area contributed by atoms with Gasteiger partial charge in [0.05, 0.1) is 16.7 Å². The van der Waals surface area contributed by atoms with Gasteiger partial charge in [-0.1, -0.05) is 127 Å². The lowest BCUT2D eigenvalue weighted by molar-refractivity contribution is 0.669. The fourth-order valence-electron chi connectivity index (χ4n) is 8.20. The number of fused-ring (bicyclic) bond motifs is 8. The molecule has 0 amide bonds. The first-order valence-electron chi connectivity index (χ1n) is 18.1. The molecule has 0 saturated heterocycles. The maximum atomic E-state index is 6.58. The first-order chi connectivity index (χ1) is 26.3. The number of hydrogen-bond acceptors (Lipinski definition) is 2. The van der Waals surface area contributed by atoms with Crippen LogP contribution in [-0.4, -0.2) is 4.57 Å². The van der Waals surface area contributed by atoms with Crippen molar-refractivity contribution in [3.8, 4) is 16.8 Å². The maximum absolute atomic E-state index is 6.58. The molecule has 0 saturated carbocycles. The minimum atomic E-state index is 0.874. The second-order valence-corrected chi connectivity index (χ2v) is 13.8. The third-order valence-electron chi connectivity index (χ3n) is 10.7. The molecule has 3 heteroatoms. The molecule has 0 aliphatic heterocycles. The Labute approximate surface area is 306 Å². The molecule has 9 aromatic carbocycles. The van der Waals surface area contributed by atoms with E-state index in [4.69, 9.17) is 4.42 Å². The van der Waals surface area contributed by atoms with E-state index in [-0.39, 0.29) is 0 Å². The molecular formula is C50H32N2O. The van der Waals surface area contributed by atoms with Crippen molar-refractivity contribution in [1.82, 2.24) is 4.57 Å². The molecule has 0 spiro atoms. The van der Waals surface area contributed by atoms with E-state index in [0.29, 0.717) is 0 Å². The van der Waals surface area contributed by atoms with Crippen LogP contribution in [0.1, 0.15) is 0 Å². The van der Waals surface area contributed by atoms with E-state index in [1.54, 1.807) is 0 Å². The lowest BCUT2D eigenvalue weighted by Crippen LogP contribution is -2.10. The Kier molecular flexibility index (Phi) is 6.55. The number of furan rings is 1. The second kappa shape index (κ2) is 11.7. The highest BCUT2D eigenvalue weighted by molar-refractivity contribution is 6.12. The summed E-state index contributed by atoms with van der Waals surface area (Å²) in [6.07, 6.45) is 0. The average Bonchev–Trinajstić information content (AvgIpc) is 3.77. The molecular weight excluding hydrogens is 645 g/mol. The first kappa shape index (κ1) is 29.6. The molecule has 0 aliphatic rings. The fraction of sp³-hybridized carbons (Fsp3) is 0. The van der Waals surface area contributed by atoms with Crippen LogP contribution in [0, 0.1) is 0 Å². The standard InChI is InChI=1S/C50H32N2O/c1-3-12-36-30-40(27-22-33(36)10-1)51(48-18-9-16-44-43-15-6-8-19-49(43)53-50(44)48)39-25-20-35(21-26-39)38-24-29-47-45(32-38)42-14-5-7-17-46(42)52(47)41-28-23-34-11-2-4-13-37(34)31-41/h1-32H. The van der Waals surface area contributed by atoms with Crippen LogP contribution in [0.2, 0.25) is 0 Å². The molecule has 0 unspecified atom stereocenters. The summed E-state index contributed by atoms with van der Waals surface area (Å²) in [5.74, 6) is 0. The van der Waals surface area contributed by atoms with Gasteiger partial charge < -0.3 is 13.9 Å². The lowest BCUT2D eigenvalue weighted by atomic mass is 10.0. The van der Waals surface area contributed by atoms with Crippen LogP contribution in [0.15, 0.2) is 199 Å². The Morgan fingerprint density at radius 3 is 1.83 bits per heavy atom. The lowest BCUT2D eigenvalue weighted by Gasteiger charge is -2.26. The zero-order valence-corrected chi connectivity index (χ0v) is 28.8. The van der Waals surface area contributed by atoms with Crippen molar-refractivity contribution in [3.63, 3.8) is 0 Å². The highest BCUT2D eigenvalue weighted by Gasteiger charge is 2.20. The van der Waals surface area contributed by atoms with Crippen LogP contribution in [0.25, 0.3) is 82.1 Å². The molecule has 0 aliphatic carbocycles. The maximum Gasteiger partial charge on any atom is 0.159 e. The Morgan fingerprint density at radius 1 is 0.377 bits per heavy atom. The van der Waals surface area contributed by atoms with Gasteiger partial charge in [0.2, 0.25) is 0 Å². The average molecular weight is 677 g/mol. The number of para-hydroxylation sites is 3. The van der Waals surface area contributed by atoms with E-state index in [2.05, 4.69) is 191 Å². The van der Waals surface area contributed by atoms with E-state index in [1.165, 1.54) is 60.2 Å². The Balaban J connectivity index is 1.04. The van der Waals surface area contributed by atoms with Crippen molar-refractivity contribution in [3.05, 3.63) is 194 Å². The number of anilines is 3. The third kappa shape index (κ3) is 4.75. The predicted molar refractivity (Wildman–Crippen MR) is 223 cm³/mol. The molecule has 248 valence electrons. The van der Waals surface area contributed by atoms with Gasteiger partial charge in [-0.15, -0.1) is 0 Å². The molecule has 0 N–H and O–H groups in total. The van der Waals surface area contributed by atoms with Crippen molar-refractivity contribution in [2.45, 2.75) is 0 Å². The zero-order valence-electron chi connectivity index (χ0n) is 28.8. The van der Waals surface area contributed by atoms with Gasteiger partial charge in [-0.2, -0.15) is 0 Å². The second-order valence-electron chi connectivity index (χ2n) is 13.8. The molecule has 0 bridgehead atoms. The summed E-state index contributed by atoms with van der Waals surface area (Å²) in [5, 5.41) is 9.61. The summed E-state index contributed by atoms with van der Waals surface area (Å²) >= 11 is 0. The van der Waals surface area contributed by atoms with Gasteiger partial charge in [-0.05, 0) is 99.4 Å². The van der Waals surface area contributed by atoms with Gasteiger partial charge in [0.25, 0.3) is 0 Å². The van der Waals surface area contributed by atoms with E-state index in [0.717, 1.165) is 39.0 Å². The summed E-state index contributed by atoms with van der Waals surface area (Å²) in [5.41, 5.74) is 10.8. The molecule has 3 nitrogen and oxygen atoms in total. The van der Waals surface area contributed by atoms with Crippen molar-refractivity contribution >= 4 is 82.4 Å². The van der Waals surface area contributed by atoms with Crippen LogP contribution in [-0.2, 0) is 0 Å². The monoisotopic (exact) mass is 676 g/mol. The Morgan fingerprint density at radius 2 is 1.00 bits per heavy atom. The number of benzene rings is 9. The number of rotatable bonds is 5. The van der Waals surface area contributed by atoms with Crippen molar-refractivity contribution in [2.24, 2.45) is 0 Å². The van der Waals surface area contributed by atoms with Gasteiger partial charge in [0.1, 0.15) is 5.58 Å². The molecule has 11 aromatic rings. The highest BCUT2D eigenvalue weighted by atomic mass is 16.3. The minimum absolute atomic E-state index is 0.874. The number of hydrogen-bond donors (Lipinski definition) is 0. The smallest absolute Gasteiger partial charge is 0.159 e. The number of nitrogens with zero attached hydrogens (tertiary/aromatic N) is 2. The first-order valence-corrected chi connectivity index (χ1v) is 18.1. The molecule has 11 rings (SSSR count). The summed E-state index contributed by atoms with van der Waals surface area (Å²) in [6, 6.07) is 69.8. The highest BCUT2D eigenvalue weighted by Crippen LogP contribution is 2.43. The molecule has 0 fully saturated rings. The van der Waals surface area contributed by atoms with E-state index < -0.39 is 0 Å². The van der Waals surface area contributed by atoms with Gasteiger partial charge in [0, 0.05) is 38.6 Å². The topological polar surface area (TPSA) is 21.3 Å². The molecule has 0 radical (unpaired) electrons. The SMILES string of the molecule is c1ccc2cc(N(c3ccc(-c4ccc5c(c4)c4ccccc4n5-c4ccc5ccccc5c4)cc3)c3cccc4c3oc3ccccc34)ccc2c1. The van der Waals surface area contributed by atoms with Crippen LogP contribution >= 0.6 is 0 Å². The van der Waals surface area contributed by atoms with Gasteiger partial charge in [-0.25, -0.2) is 0 Å². The van der Waals surface area contributed by atoms with Gasteiger partial charge in [-0.3, -0.25) is 0 Å². The van der Waals surface area contributed by atoms with Gasteiger partial charge >= 0.3 is 0 Å². The van der Waals surface area contributed by atoms with E-state index in [9.17, 15) is 0 Å².